The van der Waals surface area contributed by atoms with Gasteiger partial charge in [0.1, 0.15) is 13.2 Å². The summed E-state index contributed by atoms with van der Waals surface area (Å²) in [6, 6.07) is -6.51. The standard InChI is InChI=1S/C13H24F8N3O6PS/c1-5-22(6-8-29-31(25,26)30-9-7-24(2,3)4)32(27,28)13(20,21)12(18,19)23(10(14)15)11(16)17/h10-11H,5-9H2,1-4H3/p+1. The van der Waals surface area contributed by atoms with Crippen LogP contribution in [0.15, 0.2) is 0 Å². The Labute approximate surface area is 179 Å². The van der Waals surface area contributed by atoms with E-state index >= 15 is 0 Å². The Hall–Kier alpha value is -0.620. The number of phosphoric acid groups is 1. The maximum absolute atomic E-state index is 14.1. The van der Waals surface area contributed by atoms with Crippen molar-refractivity contribution >= 4 is 17.8 Å². The summed E-state index contributed by atoms with van der Waals surface area (Å²) < 4.78 is 150. The van der Waals surface area contributed by atoms with Crippen LogP contribution in [0, 0.1) is 0 Å². The third kappa shape index (κ3) is 8.00. The number of hydrogen-bond donors (Lipinski definition) is 1. The van der Waals surface area contributed by atoms with Gasteiger partial charge in [-0.3, -0.25) is 9.05 Å². The molecule has 0 bridgehead atoms. The van der Waals surface area contributed by atoms with E-state index in [1.54, 1.807) is 21.1 Å². The summed E-state index contributed by atoms with van der Waals surface area (Å²) in [7, 11) is -6.16. The molecule has 9 nitrogen and oxygen atoms in total. The van der Waals surface area contributed by atoms with Crippen molar-refractivity contribution in [2.75, 3.05) is 54.0 Å². The van der Waals surface area contributed by atoms with Crippen LogP contribution >= 0.6 is 7.82 Å². The molecule has 0 spiro atoms. The highest BCUT2D eigenvalue weighted by atomic mass is 32.2. The van der Waals surface area contributed by atoms with E-state index in [1.807, 2.05) is 0 Å². The summed E-state index contributed by atoms with van der Waals surface area (Å²) in [5.41, 5.74) is 0. The highest BCUT2D eigenvalue weighted by molar-refractivity contribution is 7.90. The van der Waals surface area contributed by atoms with Gasteiger partial charge < -0.3 is 9.38 Å². The van der Waals surface area contributed by atoms with E-state index in [0.29, 0.717) is 4.48 Å². The van der Waals surface area contributed by atoms with Crippen molar-refractivity contribution in [3.8, 4) is 0 Å². The fourth-order valence-corrected chi connectivity index (χ4v) is 4.07. The molecule has 0 aromatic carbocycles. The molecule has 0 amide bonds. The maximum Gasteiger partial charge on any atom is 0.472 e. The summed E-state index contributed by atoms with van der Waals surface area (Å²) >= 11 is 0. The Kier molecular flexibility index (Phi) is 11.0. The van der Waals surface area contributed by atoms with Crippen molar-refractivity contribution in [3.63, 3.8) is 0 Å². The van der Waals surface area contributed by atoms with Crippen LogP contribution in [0.5, 0.6) is 0 Å². The van der Waals surface area contributed by atoms with Gasteiger partial charge in [-0.2, -0.15) is 39.4 Å². The lowest BCUT2D eigenvalue weighted by molar-refractivity contribution is -0.870. The van der Waals surface area contributed by atoms with Crippen LogP contribution < -0.4 is 0 Å². The fourth-order valence-electron chi connectivity index (χ4n) is 1.97. The molecule has 1 atom stereocenters. The van der Waals surface area contributed by atoms with Crippen LogP contribution in [0.4, 0.5) is 35.1 Å². The normalized spacial score (nSPS) is 16.4. The molecule has 194 valence electrons. The second-order valence-corrected chi connectivity index (χ2v) is 10.6. The molecule has 0 aromatic heterocycles. The molecule has 32 heavy (non-hydrogen) atoms. The first-order valence-electron chi connectivity index (χ1n) is 8.66. The number of sulfonamides is 1. The Balaban J connectivity index is 5.43. The van der Waals surface area contributed by atoms with E-state index in [-0.39, 0.29) is 13.2 Å². The number of alkyl halides is 8. The molecule has 0 aromatic rings. The average molecular weight is 534 g/mol. The quantitative estimate of drug-likeness (QED) is 0.149. The van der Waals surface area contributed by atoms with Crippen LogP contribution in [0.1, 0.15) is 6.92 Å². The van der Waals surface area contributed by atoms with E-state index in [9.17, 15) is 53.0 Å². The molecule has 0 radical (unpaired) electrons. The average Bonchev–Trinajstić information content (AvgIpc) is 2.55. The minimum Gasteiger partial charge on any atom is -0.329 e. The number of nitrogens with zero attached hydrogens (tertiary/aromatic N) is 3. The molecule has 0 aliphatic heterocycles. The van der Waals surface area contributed by atoms with Crippen LogP contribution in [0.3, 0.4) is 0 Å². The maximum atomic E-state index is 14.1. The molecule has 1 N–H and O–H groups in total. The predicted molar refractivity (Wildman–Crippen MR) is 94.5 cm³/mol. The number of rotatable bonds is 15. The molecular weight excluding hydrogens is 509 g/mol. The third-order valence-electron chi connectivity index (χ3n) is 3.72. The van der Waals surface area contributed by atoms with E-state index in [1.165, 1.54) is 0 Å². The number of halogens is 8. The molecule has 1 unspecified atom stereocenters. The van der Waals surface area contributed by atoms with Gasteiger partial charge in [0, 0.05) is 13.1 Å². The third-order valence-corrected chi connectivity index (χ3v) is 6.76. The second kappa shape index (κ2) is 11.2. The molecule has 0 rings (SSSR count). The van der Waals surface area contributed by atoms with Crippen molar-refractivity contribution in [2.24, 2.45) is 0 Å². The van der Waals surface area contributed by atoms with Gasteiger partial charge in [-0.1, -0.05) is 6.92 Å². The lowest BCUT2D eigenvalue weighted by atomic mass is 10.5. The van der Waals surface area contributed by atoms with Gasteiger partial charge in [-0.05, 0) is 0 Å². The van der Waals surface area contributed by atoms with Crippen molar-refractivity contribution in [3.05, 3.63) is 0 Å². The summed E-state index contributed by atoms with van der Waals surface area (Å²) in [4.78, 5) is 6.94. The summed E-state index contributed by atoms with van der Waals surface area (Å²) in [6.07, 6.45) is 0. The Bertz CT molecular complexity index is 744. The van der Waals surface area contributed by atoms with Gasteiger partial charge in [0.05, 0.1) is 27.7 Å². The van der Waals surface area contributed by atoms with Gasteiger partial charge >= 0.3 is 32.2 Å². The Morgan fingerprint density at radius 2 is 1.44 bits per heavy atom. The van der Waals surface area contributed by atoms with E-state index in [2.05, 4.69) is 9.05 Å². The zero-order chi connectivity index (χ0) is 25.8. The largest absolute Gasteiger partial charge is 0.472 e. The minimum atomic E-state index is -6.53. The van der Waals surface area contributed by atoms with E-state index < -0.39 is 71.1 Å². The molecule has 19 heteroatoms. The topological polar surface area (TPSA) is 96.4 Å². The summed E-state index contributed by atoms with van der Waals surface area (Å²) in [5, 5.41) is -6.42. The number of phosphoric ester groups is 1. The highest BCUT2D eigenvalue weighted by Gasteiger charge is 2.73. The van der Waals surface area contributed by atoms with Gasteiger partial charge in [0.15, 0.2) is 0 Å². The summed E-state index contributed by atoms with van der Waals surface area (Å²) in [5.74, 6) is 0. The smallest absolute Gasteiger partial charge is 0.329 e. The second-order valence-electron chi connectivity index (χ2n) is 7.17. The Morgan fingerprint density at radius 1 is 1.00 bits per heavy atom. The highest BCUT2D eigenvalue weighted by Crippen LogP contribution is 2.46. The van der Waals surface area contributed by atoms with Crippen LogP contribution in [0.2, 0.25) is 0 Å². The molecule has 0 saturated carbocycles. The van der Waals surface area contributed by atoms with Gasteiger partial charge in [-0.15, -0.1) is 4.90 Å². The monoisotopic (exact) mass is 534 g/mol. The van der Waals surface area contributed by atoms with Gasteiger partial charge in [0.2, 0.25) is 0 Å². The molecule has 0 saturated heterocycles. The number of quaternary nitrogens is 1. The zero-order valence-corrected chi connectivity index (χ0v) is 19.1. The first-order valence-corrected chi connectivity index (χ1v) is 11.6. The molecule has 0 heterocycles. The van der Waals surface area contributed by atoms with Gasteiger partial charge in [-0.25, -0.2) is 13.0 Å². The zero-order valence-electron chi connectivity index (χ0n) is 17.4. The molecule has 0 aliphatic rings. The number of likely N-dealkylation sites (N-methyl/N-ethyl adjacent to an activating group) is 2. The van der Waals surface area contributed by atoms with Crippen molar-refractivity contribution in [2.45, 2.75) is 31.3 Å². The van der Waals surface area contributed by atoms with E-state index in [4.69, 9.17) is 0 Å². The fraction of sp³-hybridized carbons (Fsp3) is 1.00. The molecule has 0 fully saturated rings. The van der Waals surface area contributed by atoms with Crippen LogP contribution in [-0.4, -0.2) is 105 Å². The van der Waals surface area contributed by atoms with Gasteiger partial charge in [0.25, 0.3) is 10.0 Å². The summed E-state index contributed by atoms with van der Waals surface area (Å²) in [6.45, 7) is -12.1. The Morgan fingerprint density at radius 3 is 1.81 bits per heavy atom. The SMILES string of the molecule is CCN(CCOP(=O)(O)OCC[N+](C)(C)C)S(=O)(=O)C(F)(F)C(F)(F)N(C(F)F)C(F)F. The van der Waals surface area contributed by atoms with Crippen molar-refractivity contribution < 1.29 is 66.5 Å². The van der Waals surface area contributed by atoms with Crippen molar-refractivity contribution in [1.82, 2.24) is 9.21 Å². The minimum absolute atomic E-state index is 0.232. The van der Waals surface area contributed by atoms with E-state index in [0.717, 1.165) is 6.92 Å². The molecule has 0 aliphatic carbocycles. The first kappa shape index (κ1) is 31.4. The van der Waals surface area contributed by atoms with Crippen molar-refractivity contribution in [1.29, 1.82) is 0 Å². The lowest BCUT2D eigenvalue weighted by Crippen LogP contribution is -2.63. The number of hydrogen-bond acceptors (Lipinski definition) is 6. The van der Waals surface area contributed by atoms with Crippen LogP contribution in [0.25, 0.3) is 0 Å². The van der Waals surface area contributed by atoms with Crippen LogP contribution in [-0.2, 0) is 23.6 Å². The predicted octanol–water partition coefficient (Wildman–Crippen LogP) is 2.41. The first-order chi connectivity index (χ1) is 14.1. The molecular formula is C13H25F8N3O6PS+. The lowest BCUT2D eigenvalue weighted by Gasteiger charge is -2.36.